The predicted molar refractivity (Wildman–Crippen MR) is 181 cm³/mol. The number of benzene rings is 4. The standard InChI is InChI=1S/C38H39ClN4/c39-31-17-20-34-36(27-31)41-35-14-8-7-13-33(35)37(34)40-22-21-28-15-18-32(19-16-28)42-23-25-43(26-24-42)38(29-9-3-1-4-10-29)30-11-5-2-6-12-30/h1-6,9-12,15-20,27,38H,7-8,13-14,21-26H2,(H,40,41). The molecule has 4 aromatic carbocycles. The van der Waals surface area contributed by atoms with Crippen LogP contribution >= 0.6 is 11.6 Å². The SMILES string of the molecule is Clc1ccc2c(NCCc3ccc(N4CCN(C(c5ccccc5)c5ccccc5)CC4)cc3)c3c(nc2c1)CCCC3. The van der Waals surface area contributed by atoms with Gasteiger partial charge in [-0.2, -0.15) is 0 Å². The Hall–Kier alpha value is -3.86. The molecule has 0 spiro atoms. The zero-order valence-electron chi connectivity index (χ0n) is 24.7. The summed E-state index contributed by atoms with van der Waals surface area (Å²) >= 11 is 6.31. The van der Waals surface area contributed by atoms with Gasteiger partial charge in [-0.1, -0.05) is 84.4 Å². The van der Waals surface area contributed by atoms with Crippen molar-refractivity contribution < 1.29 is 0 Å². The van der Waals surface area contributed by atoms with Crippen molar-refractivity contribution >= 4 is 33.9 Å². The van der Waals surface area contributed by atoms with E-state index in [0.29, 0.717) is 6.04 Å². The van der Waals surface area contributed by atoms with Crippen molar-refractivity contribution in [1.29, 1.82) is 0 Å². The molecular formula is C38H39ClN4. The molecule has 0 unspecified atom stereocenters. The van der Waals surface area contributed by atoms with Gasteiger partial charge in [0.1, 0.15) is 0 Å². The third-order valence-electron chi connectivity index (χ3n) is 9.15. The second-order valence-corrected chi connectivity index (χ2v) is 12.3. The molecule has 0 saturated carbocycles. The van der Waals surface area contributed by atoms with E-state index in [4.69, 9.17) is 16.6 Å². The molecule has 0 atom stereocenters. The molecule has 0 bridgehead atoms. The summed E-state index contributed by atoms with van der Waals surface area (Å²) in [5.41, 5.74) is 10.3. The minimum atomic E-state index is 0.291. The number of rotatable bonds is 8. The maximum absolute atomic E-state index is 6.31. The molecule has 4 nitrogen and oxygen atoms in total. The molecule has 1 aliphatic carbocycles. The number of pyridine rings is 1. The van der Waals surface area contributed by atoms with Gasteiger partial charge < -0.3 is 10.2 Å². The molecule has 1 N–H and O–H groups in total. The van der Waals surface area contributed by atoms with Crippen molar-refractivity contribution in [3.8, 4) is 0 Å². The van der Waals surface area contributed by atoms with E-state index >= 15 is 0 Å². The molecule has 0 amide bonds. The maximum atomic E-state index is 6.31. The number of fused-ring (bicyclic) bond motifs is 2. The average molecular weight is 587 g/mol. The fourth-order valence-corrected chi connectivity index (χ4v) is 7.10. The van der Waals surface area contributed by atoms with Crippen molar-refractivity contribution in [1.82, 2.24) is 9.88 Å². The maximum Gasteiger partial charge on any atom is 0.0741 e. The zero-order valence-corrected chi connectivity index (χ0v) is 25.4. The fourth-order valence-electron chi connectivity index (χ4n) is 6.93. The van der Waals surface area contributed by atoms with Gasteiger partial charge in [0, 0.05) is 60.2 Å². The lowest BCUT2D eigenvalue weighted by Gasteiger charge is -2.40. The number of aryl methyl sites for hydroxylation is 1. The van der Waals surface area contributed by atoms with Crippen molar-refractivity contribution in [3.63, 3.8) is 0 Å². The normalized spacial score (nSPS) is 15.5. The summed E-state index contributed by atoms with van der Waals surface area (Å²) in [5, 5.41) is 5.73. The lowest BCUT2D eigenvalue weighted by molar-refractivity contribution is 0.212. The van der Waals surface area contributed by atoms with Gasteiger partial charge in [-0.25, -0.2) is 0 Å². The number of hydrogen-bond donors (Lipinski definition) is 1. The van der Waals surface area contributed by atoms with E-state index in [1.807, 2.05) is 12.1 Å². The Kier molecular flexibility index (Phi) is 8.31. The first-order valence-corrected chi connectivity index (χ1v) is 16.1. The Morgan fingerprint density at radius 1 is 0.744 bits per heavy atom. The third-order valence-corrected chi connectivity index (χ3v) is 9.39. The molecule has 5 aromatic rings. The van der Waals surface area contributed by atoms with Crippen LogP contribution < -0.4 is 10.2 Å². The van der Waals surface area contributed by atoms with Gasteiger partial charge in [0.2, 0.25) is 0 Å². The summed E-state index contributed by atoms with van der Waals surface area (Å²) in [6, 6.07) is 37.5. The predicted octanol–water partition coefficient (Wildman–Crippen LogP) is 8.33. The molecule has 43 heavy (non-hydrogen) atoms. The van der Waals surface area contributed by atoms with Crippen LogP contribution in [0.5, 0.6) is 0 Å². The Balaban J connectivity index is 0.991. The second-order valence-electron chi connectivity index (χ2n) is 11.9. The molecule has 1 fully saturated rings. The lowest BCUT2D eigenvalue weighted by Crippen LogP contribution is -2.48. The van der Waals surface area contributed by atoms with Crippen molar-refractivity contribution in [2.45, 2.75) is 38.1 Å². The molecule has 218 valence electrons. The van der Waals surface area contributed by atoms with Crippen LogP contribution in [0.15, 0.2) is 103 Å². The highest BCUT2D eigenvalue weighted by atomic mass is 35.5. The first-order valence-electron chi connectivity index (χ1n) is 15.8. The Bertz CT molecular complexity index is 1620. The van der Waals surface area contributed by atoms with Crippen LogP contribution in [0.3, 0.4) is 0 Å². The van der Waals surface area contributed by atoms with E-state index in [2.05, 4.69) is 106 Å². The second kappa shape index (κ2) is 12.8. The van der Waals surface area contributed by atoms with Gasteiger partial charge in [0.15, 0.2) is 0 Å². The summed E-state index contributed by atoms with van der Waals surface area (Å²) in [6.45, 7) is 5.03. The monoisotopic (exact) mass is 586 g/mol. The quantitative estimate of drug-likeness (QED) is 0.198. The van der Waals surface area contributed by atoms with Gasteiger partial charge in [-0.15, -0.1) is 0 Å². The highest BCUT2D eigenvalue weighted by molar-refractivity contribution is 6.31. The van der Waals surface area contributed by atoms with Gasteiger partial charge in [-0.3, -0.25) is 9.88 Å². The van der Waals surface area contributed by atoms with Crippen LogP contribution in [-0.4, -0.2) is 42.6 Å². The summed E-state index contributed by atoms with van der Waals surface area (Å²) < 4.78 is 0. The van der Waals surface area contributed by atoms with Crippen molar-refractivity contribution in [3.05, 3.63) is 136 Å². The largest absolute Gasteiger partial charge is 0.384 e. The van der Waals surface area contributed by atoms with E-state index < -0.39 is 0 Å². The van der Waals surface area contributed by atoms with E-state index in [1.165, 1.54) is 57.6 Å². The number of piperazine rings is 1. The highest BCUT2D eigenvalue weighted by Crippen LogP contribution is 2.35. The minimum absolute atomic E-state index is 0.291. The first-order chi connectivity index (χ1) is 21.2. The molecule has 1 aliphatic heterocycles. The molecule has 2 heterocycles. The zero-order chi connectivity index (χ0) is 29.0. The first kappa shape index (κ1) is 27.9. The number of nitrogens with one attached hydrogen (secondary N) is 1. The van der Waals surface area contributed by atoms with Crippen LogP contribution in [0, 0.1) is 0 Å². The van der Waals surface area contributed by atoms with Crippen LogP contribution in [0.1, 0.15) is 46.8 Å². The molecular weight excluding hydrogens is 548 g/mol. The topological polar surface area (TPSA) is 31.4 Å². The number of aromatic nitrogens is 1. The number of anilines is 2. The molecule has 2 aliphatic rings. The molecule has 7 rings (SSSR count). The van der Waals surface area contributed by atoms with Gasteiger partial charge in [0.25, 0.3) is 0 Å². The van der Waals surface area contributed by atoms with E-state index in [1.54, 1.807) is 0 Å². The van der Waals surface area contributed by atoms with E-state index in [0.717, 1.165) is 62.5 Å². The molecule has 5 heteroatoms. The van der Waals surface area contributed by atoms with Gasteiger partial charge in [0.05, 0.1) is 11.6 Å². The number of nitrogens with zero attached hydrogens (tertiary/aromatic N) is 3. The van der Waals surface area contributed by atoms with Crippen molar-refractivity contribution in [2.75, 3.05) is 42.9 Å². The number of halogens is 1. The van der Waals surface area contributed by atoms with Crippen LogP contribution in [-0.2, 0) is 19.3 Å². The fraction of sp³-hybridized carbons (Fsp3) is 0.289. The molecule has 1 saturated heterocycles. The highest BCUT2D eigenvalue weighted by Gasteiger charge is 2.26. The van der Waals surface area contributed by atoms with Crippen LogP contribution in [0.2, 0.25) is 5.02 Å². The summed E-state index contributed by atoms with van der Waals surface area (Å²) in [4.78, 5) is 10.1. The lowest BCUT2D eigenvalue weighted by atomic mass is 9.92. The minimum Gasteiger partial charge on any atom is -0.384 e. The Morgan fingerprint density at radius 2 is 1.42 bits per heavy atom. The van der Waals surface area contributed by atoms with E-state index in [9.17, 15) is 0 Å². The molecule has 1 aromatic heterocycles. The van der Waals surface area contributed by atoms with Crippen molar-refractivity contribution in [2.24, 2.45) is 0 Å². The Morgan fingerprint density at radius 3 is 2.12 bits per heavy atom. The van der Waals surface area contributed by atoms with E-state index in [-0.39, 0.29) is 0 Å². The third kappa shape index (κ3) is 6.13. The summed E-state index contributed by atoms with van der Waals surface area (Å²) in [5.74, 6) is 0. The summed E-state index contributed by atoms with van der Waals surface area (Å²) in [7, 11) is 0. The van der Waals surface area contributed by atoms with Gasteiger partial charge >= 0.3 is 0 Å². The molecule has 0 radical (unpaired) electrons. The number of hydrogen-bond acceptors (Lipinski definition) is 4. The summed E-state index contributed by atoms with van der Waals surface area (Å²) in [6.07, 6.45) is 5.59. The smallest absolute Gasteiger partial charge is 0.0741 e. The Labute approximate surface area is 260 Å². The van der Waals surface area contributed by atoms with Gasteiger partial charge in [-0.05, 0) is 84.7 Å². The average Bonchev–Trinajstić information content (AvgIpc) is 3.06. The van der Waals surface area contributed by atoms with Crippen LogP contribution in [0.25, 0.3) is 10.9 Å². The van der Waals surface area contributed by atoms with Crippen LogP contribution in [0.4, 0.5) is 11.4 Å².